The van der Waals surface area contributed by atoms with Crippen LogP contribution in [0.25, 0.3) is 0 Å². The highest BCUT2D eigenvalue weighted by Gasteiger charge is 2.39. The third-order valence-corrected chi connectivity index (χ3v) is 7.11. The average Bonchev–Trinajstić information content (AvgIpc) is 3.15. The summed E-state index contributed by atoms with van der Waals surface area (Å²) in [7, 11) is 2.06. The van der Waals surface area contributed by atoms with Crippen molar-refractivity contribution in [1.29, 1.82) is 0 Å². The molecule has 0 bridgehead atoms. The number of hydrogen-bond donors (Lipinski definition) is 2. The molecular weight excluding hydrogens is 402 g/mol. The van der Waals surface area contributed by atoms with E-state index >= 15 is 0 Å². The van der Waals surface area contributed by atoms with E-state index in [4.69, 9.17) is 11.6 Å². The Bertz CT molecular complexity index is 897. The fourth-order valence-electron chi connectivity index (χ4n) is 4.78. The molecule has 9 heteroatoms. The van der Waals surface area contributed by atoms with Crippen molar-refractivity contribution < 1.29 is 4.79 Å². The van der Waals surface area contributed by atoms with Gasteiger partial charge in [0.1, 0.15) is 5.02 Å². The Morgan fingerprint density at radius 3 is 2.60 bits per heavy atom. The minimum absolute atomic E-state index is 0.201. The molecular formula is C21H30ClN7O. The summed E-state index contributed by atoms with van der Waals surface area (Å²) in [5.74, 6) is 2.11. The Hall–Kier alpha value is -2.35. The molecule has 2 aromatic heterocycles. The van der Waals surface area contributed by atoms with E-state index < -0.39 is 0 Å². The summed E-state index contributed by atoms with van der Waals surface area (Å²) in [6.45, 7) is 5.42. The van der Waals surface area contributed by atoms with Gasteiger partial charge in [0.05, 0.1) is 6.20 Å². The van der Waals surface area contributed by atoms with Crippen LogP contribution in [0.15, 0.2) is 12.3 Å². The van der Waals surface area contributed by atoms with E-state index in [-0.39, 0.29) is 5.91 Å². The van der Waals surface area contributed by atoms with Gasteiger partial charge in [0.25, 0.3) is 0 Å². The van der Waals surface area contributed by atoms with E-state index in [0.717, 1.165) is 44.5 Å². The van der Waals surface area contributed by atoms with Gasteiger partial charge in [0.2, 0.25) is 11.9 Å². The lowest BCUT2D eigenvalue weighted by molar-refractivity contribution is -0.131. The minimum atomic E-state index is 0.201. The number of amides is 1. The van der Waals surface area contributed by atoms with Gasteiger partial charge in [-0.3, -0.25) is 9.89 Å². The monoisotopic (exact) mass is 431 g/mol. The van der Waals surface area contributed by atoms with Gasteiger partial charge in [0, 0.05) is 44.9 Å². The van der Waals surface area contributed by atoms with Crippen LogP contribution in [0, 0.1) is 12.3 Å². The van der Waals surface area contributed by atoms with Crippen LogP contribution >= 0.6 is 11.6 Å². The topological polar surface area (TPSA) is 90.0 Å². The SMILES string of the molecule is CC(=O)N1CCC2(CCC(N(C)c3ncc(Cl)c(Nc4cc(C)[nH]n4)n3)CC2)CC1. The number of carbonyl (C=O) groups excluding carboxylic acids is 1. The molecule has 2 N–H and O–H groups in total. The Kier molecular flexibility index (Phi) is 5.86. The summed E-state index contributed by atoms with van der Waals surface area (Å²) in [4.78, 5) is 24.9. The molecule has 0 aromatic carbocycles. The first-order valence-corrected chi connectivity index (χ1v) is 11.0. The van der Waals surface area contributed by atoms with Crippen LogP contribution in [0.1, 0.15) is 51.1 Å². The zero-order valence-electron chi connectivity index (χ0n) is 17.9. The number of carbonyl (C=O) groups is 1. The van der Waals surface area contributed by atoms with Gasteiger partial charge < -0.3 is 15.1 Å². The molecule has 30 heavy (non-hydrogen) atoms. The number of nitrogens with zero attached hydrogens (tertiary/aromatic N) is 5. The van der Waals surface area contributed by atoms with Crippen molar-refractivity contribution in [3.8, 4) is 0 Å². The molecule has 1 aliphatic carbocycles. The average molecular weight is 432 g/mol. The van der Waals surface area contributed by atoms with Crippen molar-refractivity contribution in [2.75, 3.05) is 30.4 Å². The van der Waals surface area contributed by atoms with Crippen molar-refractivity contribution in [3.05, 3.63) is 23.0 Å². The number of nitrogens with one attached hydrogen (secondary N) is 2. The summed E-state index contributed by atoms with van der Waals surface area (Å²) in [6, 6.07) is 2.31. The number of hydrogen-bond acceptors (Lipinski definition) is 6. The highest BCUT2D eigenvalue weighted by atomic mass is 35.5. The molecule has 2 aromatic rings. The number of halogens is 1. The number of aromatic nitrogens is 4. The first-order chi connectivity index (χ1) is 14.3. The molecule has 2 fully saturated rings. The third-order valence-electron chi connectivity index (χ3n) is 6.83. The molecule has 0 radical (unpaired) electrons. The second kappa shape index (κ2) is 8.41. The van der Waals surface area contributed by atoms with Crippen molar-refractivity contribution in [3.63, 3.8) is 0 Å². The van der Waals surface area contributed by atoms with Crippen LogP contribution in [0.3, 0.4) is 0 Å². The van der Waals surface area contributed by atoms with Crippen LogP contribution in [0.5, 0.6) is 0 Å². The van der Waals surface area contributed by atoms with Crippen molar-refractivity contribution >= 4 is 35.1 Å². The number of anilines is 3. The molecule has 162 valence electrons. The Labute approximate surface area is 182 Å². The predicted octanol–water partition coefficient (Wildman–Crippen LogP) is 3.91. The first kappa shape index (κ1) is 20.9. The molecule has 1 spiro atoms. The first-order valence-electron chi connectivity index (χ1n) is 10.7. The molecule has 4 rings (SSSR count). The third kappa shape index (κ3) is 4.38. The highest BCUT2D eigenvalue weighted by Crippen LogP contribution is 2.45. The van der Waals surface area contributed by atoms with Crippen molar-refractivity contribution in [2.45, 2.75) is 58.4 Å². The fraction of sp³-hybridized carbons (Fsp3) is 0.619. The van der Waals surface area contributed by atoms with E-state index in [1.165, 1.54) is 12.8 Å². The lowest BCUT2D eigenvalue weighted by atomic mass is 9.67. The maximum absolute atomic E-state index is 11.6. The molecule has 1 aliphatic heterocycles. The van der Waals surface area contributed by atoms with E-state index in [9.17, 15) is 4.79 Å². The maximum atomic E-state index is 11.6. The summed E-state index contributed by atoms with van der Waals surface area (Å²) < 4.78 is 0. The van der Waals surface area contributed by atoms with E-state index in [0.29, 0.717) is 34.1 Å². The van der Waals surface area contributed by atoms with Gasteiger partial charge in [-0.1, -0.05) is 11.6 Å². The molecule has 1 amide bonds. The second-order valence-electron chi connectivity index (χ2n) is 8.78. The number of rotatable bonds is 4. The maximum Gasteiger partial charge on any atom is 0.227 e. The lowest BCUT2D eigenvalue weighted by Crippen LogP contribution is -2.46. The number of H-pyrrole nitrogens is 1. The molecule has 1 saturated heterocycles. The van der Waals surface area contributed by atoms with Gasteiger partial charge >= 0.3 is 0 Å². The summed E-state index contributed by atoms with van der Waals surface area (Å²) >= 11 is 6.30. The van der Waals surface area contributed by atoms with Crippen molar-refractivity contribution in [2.24, 2.45) is 5.41 Å². The molecule has 3 heterocycles. The van der Waals surface area contributed by atoms with E-state index in [2.05, 4.69) is 37.4 Å². The smallest absolute Gasteiger partial charge is 0.227 e. The predicted molar refractivity (Wildman–Crippen MR) is 118 cm³/mol. The Balaban J connectivity index is 1.39. The van der Waals surface area contributed by atoms with Crippen molar-refractivity contribution in [1.82, 2.24) is 25.1 Å². The fourth-order valence-corrected chi connectivity index (χ4v) is 4.92. The molecule has 1 saturated carbocycles. The van der Waals surface area contributed by atoms with Gasteiger partial charge in [-0.15, -0.1) is 0 Å². The van der Waals surface area contributed by atoms with Crippen LogP contribution in [0.4, 0.5) is 17.6 Å². The van der Waals surface area contributed by atoms with Crippen LogP contribution < -0.4 is 10.2 Å². The standard InChI is InChI=1S/C21H30ClN7O/c1-14-12-18(27-26-14)24-19-17(22)13-23-20(25-19)28(3)16-4-6-21(7-5-16)8-10-29(11-9-21)15(2)30/h12-13,16H,4-11H2,1-3H3,(H2,23,24,25,26,27). The normalized spacial score (nSPS) is 19.1. The highest BCUT2D eigenvalue weighted by molar-refractivity contribution is 6.32. The molecule has 0 atom stereocenters. The van der Waals surface area contributed by atoms with E-state index in [1.54, 1.807) is 13.1 Å². The minimum Gasteiger partial charge on any atom is -0.343 e. The van der Waals surface area contributed by atoms with Gasteiger partial charge in [-0.2, -0.15) is 10.1 Å². The van der Waals surface area contributed by atoms with Crippen LogP contribution in [-0.2, 0) is 4.79 Å². The van der Waals surface area contributed by atoms with Gasteiger partial charge in [0.15, 0.2) is 11.6 Å². The molecule has 0 unspecified atom stereocenters. The quantitative estimate of drug-likeness (QED) is 0.762. The van der Waals surface area contributed by atoms with E-state index in [1.807, 2.05) is 17.9 Å². The summed E-state index contributed by atoms with van der Waals surface area (Å²) in [5, 5.41) is 10.7. The largest absolute Gasteiger partial charge is 0.343 e. The van der Waals surface area contributed by atoms with Crippen LogP contribution in [0.2, 0.25) is 5.02 Å². The van der Waals surface area contributed by atoms with Gasteiger partial charge in [-0.05, 0) is 50.9 Å². The summed E-state index contributed by atoms with van der Waals surface area (Å²) in [6.07, 6.45) is 8.50. The second-order valence-corrected chi connectivity index (χ2v) is 9.18. The number of aromatic amines is 1. The lowest BCUT2D eigenvalue weighted by Gasteiger charge is -2.47. The number of piperidine rings is 1. The van der Waals surface area contributed by atoms with Crippen LogP contribution in [-0.4, -0.2) is 57.2 Å². The number of likely N-dealkylation sites (tertiary alicyclic amines) is 1. The van der Waals surface area contributed by atoms with Gasteiger partial charge in [-0.25, -0.2) is 4.98 Å². The molecule has 2 aliphatic rings. The molecule has 8 nitrogen and oxygen atoms in total. The zero-order chi connectivity index (χ0) is 21.3. The zero-order valence-corrected chi connectivity index (χ0v) is 18.7. The number of aryl methyl sites for hydroxylation is 1. The Morgan fingerprint density at radius 2 is 2.00 bits per heavy atom. The Morgan fingerprint density at radius 1 is 1.30 bits per heavy atom. The summed E-state index contributed by atoms with van der Waals surface area (Å²) in [5.41, 5.74) is 1.36.